The zero-order chi connectivity index (χ0) is 23.8. The third-order valence-corrected chi connectivity index (χ3v) is 5.52. The van der Waals surface area contributed by atoms with Crippen LogP contribution in [0.4, 0.5) is 5.69 Å². The van der Waals surface area contributed by atoms with Gasteiger partial charge in [0.25, 0.3) is 0 Å². The van der Waals surface area contributed by atoms with Crippen LogP contribution in [0.25, 0.3) is 0 Å². The summed E-state index contributed by atoms with van der Waals surface area (Å²) in [6.07, 6.45) is 0. The highest BCUT2D eigenvalue weighted by Crippen LogP contribution is 2.38. The normalized spacial score (nSPS) is 10.6. The van der Waals surface area contributed by atoms with E-state index >= 15 is 0 Å². The van der Waals surface area contributed by atoms with Gasteiger partial charge < -0.3 is 19.5 Å². The monoisotopic (exact) mass is 507 g/mol. The number of carbonyl (C=O) groups is 1. The quantitative estimate of drug-likeness (QED) is 0.289. The average Bonchev–Trinajstić information content (AvgIpc) is 2.79. The number of esters is 1. The Morgan fingerprint density at radius 1 is 0.879 bits per heavy atom. The second-order valence-corrected chi connectivity index (χ2v) is 8.26. The third kappa shape index (κ3) is 6.94. The molecule has 1 N–H and O–H groups in total. The van der Waals surface area contributed by atoms with Gasteiger partial charge in [-0.25, -0.2) is 4.79 Å². The molecule has 0 fully saturated rings. The Bertz CT molecular complexity index is 1100. The summed E-state index contributed by atoms with van der Waals surface area (Å²) in [6, 6.07) is 16.0. The first-order valence-electron chi connectivity index (χ1n) is 10.4. The van der Waals surface area contributed by atoms with E-state index in [0.29, 0.717) is 51.9 Å². The van der Waals surface area contributed by atoms with Crippen LogP contribution in [0, 0.1) is 0 Å². The molecule has 0 amide bonds. The number of anilines is 1. The minimum absolute atomic E-state index is 0.222. The SMILES string of the molecule is CCOC(=O)c1ccc(NCc2cc(Cl)c(OCc3ccc(Cl)cc3Cl)c(OCC)c2)cc1. The standard InChI is InChI=1S/C25H24Cl3NO4/c1-3-31-23-12-16(14-29-20-9-6-17(7-10-20)25(30)32-4-2)11-22(28)24(23)33-15-18-5-8-19(26)13-21(18)27/h5-13,29H,3-4,14-15H2,1-2H3. The van der Waals surface area contributed by atoms with Gasteiger partial charge in [0.2, 0.25) is 0 Å². The molecule has 0 unspecified atom stereocenters. The van der Waals surface area contributed by atoms with Crippen molar-refractivity contribution in [3.8, 4) is 11.5 Å². The summed E-state index contributed by atoms with van der Waals surface area (Å²) in [5.74, 6) is 0.657. The van der Waals surface area contributed by atoms with Gasteiger partial charge in [-0.15, -0.1) is 0 Å². The van der Waals surface area contributed by atoms with Gasteiger partial charge in [-0.05, 0) is 67.9 Å². The lowest BCUT2D eigenvalue weighted by atomic mass is 10.1. The van der Waals surface area contributed by atoms with Crippen molar-refractivity contribution in [2.45, 2.75) is 27.0 Å². The van der Waals surface area contributed by atoms with E-state index in [9.17, 15) is 4.79 Å². The van der Waals surface area contributed by atoms with Crippen LogP contribution in [0.5, 0.6) is 11.5 Å². The summed E-state index contributed by atoms with van der Waals surface area (Å²) in [7, 11) is 0. The summed E-state index contributed by atoms with van der Waals surface area (Å²) in [6.45, 7) is 5.19. The maximum atomic E-state index is 11.8. The number of ether oxygens (including phenoxy) is 3. The van der Waals surface area contributed by atoms with Crippen LogP contribution in [0.15, 0.2) is 54.6 Å². The van der Waals surface area contributed by atoms with Crippen LogP contribution >= 0.6 is 34.8 Å². The Morgan fingerprint density at radius 2 is 1.64 bits per heavy atom. The Hall–Kier alpha value is -2.60. The van der Waals surface area contributed by atoms with Crippen molar-refractivity contribution in [1.82, 2.24) is 0 Å². The van der Waals surface area contributed by atoms with Gasteiger partial charge in [0.1, 0.15) is 6.61 Å². The molecule has 0 aromatic heterocycles. The van der Waals surface area contributed by atoms with Gasteiger partial charge in [0, 0.05) is 27.8 Å². The molecule has 3 aromatic carbocycles. The molecule has 0 saturated carbocycles. The second kappa shape index (κ2) is 12.0. The third-order valence-electron chi connectivity index (χ3n) is 4.65. The number of carbonyl (C=O) groups excluding carboxylic acids is 1. The molecule has 0 atom stereocenters. The topological polar surface area (TPSA) is 56.8 Å². The molecule has 0 aliphatic heterocycles. The Balaban J connectivity index is 1.70. The van der Waals surface area contributed by atoms with Crippen LogP contribution in [-0.2, 0) is 17.9 Å². The van der Waals surface area contributed by atoms with Crippen LogP contribution in [-0.4, -0.2) is 19.2 Å². The number of halogens is 3. The molecule has 0 aliphatic carbocycles. The second-order valence-electron chi connectivity index (χ2n) is 7.01. The number of nitrogens with one attached hydrogen (secondary N) is 1. The van der Waals surface area contributed by atoms with Gasteiger partial charge in [0.15, 0.2) is 11.5 Å². The number of benzene rings is 3. The molecule has 0 saturated heterocycles. The van der Waals surface area contributed by atoms with E-state index in [1.54, 1.807) is 31.2 Å². The van der Waals surface area contributed by atoms with Crippen molar-refractivity contribution in [3.05, 3.63) is 86.4 Å². The van der Waals surface area contributed by atoms with Gasteiger partial charge >= 0.3 is 5.97 Å². The zero-order valence-electron chi connectivity index (χ0n) is 18.3. The predicted octanol–water partition coefficient (Wildman–Crippen LogP) is 7.41. The van der Waals surface area contributed by atoms with Crippen molar-refractivity contribution in [3.63, 3.8) is 0 Å². The molecule has 0 radical (unpaired) electrons. The maximum Gasteiger partial charge on any atom is 0.338 e. The molecular formula is C25H24Cl3NO4. The molecule has 5 nitrogen and oxygen atoms in total. The van der Waals surface area contributed by atoms with E-state index in [2.05, 4.69) is 5.32 Å². The summed E-state index contributed by atoms with van der Waals surface area (Å²) in [5.41, 5.74) is 3.06. The van der Waals surface area contributed by atoms with Crippen molar-refractivity contribution in [2.24, 2.45) is 0 Å². The van der Waals surface area contributed by atoms with E-state index in [1.807, 2.05) is 37.3 Å². The molecule has 0 aliphatic rings. The Labute approximate surface area is 208 Å². The highest BCUT2D eigenvalue weighted by molar-refractivity contribution is 6.35. The Kier molecular flexibility index (Phi) is 9.12. The van der Waals surface area contributed by atoms with Crippen molar-refractivity contribution in [1.29, 1.82) is 0 Å². The molecule has 8 heteroatoms. The number of rotatable bonds is 10. The molecule has 0 bridgehead atoms. The number of hydrogen-bond donors (Lipinski definition) is 1. The molecular weight excluding hydrogens is 485 g/mol. The largest absolute Gasteiger partial charge is 0.490 e. The highest BCUT2D eigenvalue weighted by Gasteiger charge is 2.14. The smallest absolute Gasteiger partial charge is 0.338 e. The molecule has 3 rings (SSSR count). The molecule has 174 valence electrons. The fourth-order valence-corrected chi connectivity index (χ4v) is 3.81. The van der Waals surface area contributed by atoms with Crippen LogP contribution in [0.1, 0.15) is 35.3 Å². The fraction of sp³-hybridized carbons (Fsp3) is 0.240. The summed E-state index contributed by atoms with van der Waals surface area (Å²) < 4.78 is 16.7. The summed E-state index contributed by atoms with van der Waals surface area (Å²) in [4.78, 5) is 11.8. The lowest BCUT2D eigenvalue weighted by molar-refractivity contribution is 0.0526. The summed E-state index contributed by atoms with van der Waals surface area (Å²) in [5, 5.41) is 4.82. The lowest BCUT2D eigenvalue weighted by Crippen LogP contribution is -2.06. The van der Waals surface area contributed by atoms with Crippen molar-refractivity contribution < 1.29 is 19.0 Å². The van der Waals surface area contributed by atoms with Crippen LogP contribution in [0.3, 0.4) is 0 Å². The average molecular weight is 509 g/mol. The first-order chi connectivity index (χ1) is 15.9. The number of hydrogen-bond acceptors (Lipinski definition) is 5. The Morgan fingerprint density at radius 3 is 2.30 bits per heavy atom. The van der Waals surface area contributed by atoms with E-state index in [-0.39, 0.29) is 12.6 Å². The molecule has 0 heterocycles. The summed E-state index contributed by atoms with van der Waals surface area (Å²) >= 11 is 18.7. The first-order valence-corrected chi connectivity index (χ1v) is 11.6. The van der Waals surface area contributed by atoms with Crippen LogP contribution < -0.4 is 14.8 Å². The van der Waals surface area contributed by atoms with E-state index in [1.165, 1.54) is 0 Å². The zero-order valence-corrected chi connectivity index (χ0v) is 20.6. The van der Waals surface area contributed by atoms with Gasteiger partial charge in [-0.3, -0.25) is 0 Å². The minimum atomic E-state index is -0.340. The molecule has 0 spiro atoms. The van der Waals surface area contributed by atoms with Gasteiger partial charge in [-0.1, -0.05) is 40.9 Å². The van der Waals surface area contributed by atoms with Gasteiger partial charge in [0.05, 0.1) is 23.8 Å². The van der Waals surface area contributed by atoms with E-state index < -0.39 is 0 Å². The van der Waals surface area contributed by atoms with Crippen LogP contribution in [0.2, 0.25) is 15.1 Å². The predicted molar refractivity (Wildman–Crippen MR) is 133 cm³/mol. The van der Waals surface area contributed by atoms with Crippen molar-refractivity contribution in [2.75, 3.05) is 18.5 Å². The minimum Gasteiger partial charge on any atom is -0.490 e. The first kappa shape index (κ1) is 25.0. The van der Waals surface area contributed by atoms with E-state index in [0.717, 1.165) is 16.8 Å². The maximum absolute atomic E-state index is 11.8. The lowest BCUT2D eigenvalue weighted by Gasteiger charge is -2.16. The molecule has 33 heavy (non-hydrogen) atoms. The van der Waals surface area contributed by atoms with Gasteiger partial charge in [-0.2, -0.15) is 0 Å². The highest BCUT2D eigenvalue weighted by atomic mass is 35.5. The molecule has 3 aromatic rings. The fourth-order valence-electron chi connectivity index (χ4n) is 3.06. The van der Waals surface area contributed by atoms with E-state index in [4.69, 9.17) is 49.0 Å². The van der Waals surface area contributed by atoms with Crippen molar-refractivity contribution >= 4 is 46.5 Å².